The summed E-state index contributed by atoms with van der Waals surface area (Å²) in [5.41, 5.74) is 1.82. The molecular weight excluding hydrogens is 294 g/mol. The van der Waals surface area contributed by atoms with Gasteiger partial charge in [0, 0.05) is 17.4 Å². The van der Waals surface area contributed by atoms with Gasteiger partial charge in [0.1, 0.15) is 5.75 Å². The zero-order valence-electron chi connectivity index (χ0n) is 10.5. The highest BCUT2D eigenvalue weighted by molar-refractivity contribution is 9.09. The fraction of sp³-hybridized carbons (Fsp3) is 0.357. The third kappa shape index (κ3) is 4.53. The molecule has 0 saturated heterocycles. The number of hydrogen-bond donors (Lipinski definition) is 1. The van der Waals surface area contributed by atoms with E-state index in [0.29, 0.717) is 12.8 Å². The number of allylic oxidation sites excluding steroid dienone is 1. The maximum absolute atomic E-state index is 11.6. The zero-order valence-corrected chi connectivity index (χ0v) is 12.1. The molecule has 0 aliphatic rings. The Bertz CT molecular complexity index is 418. The van der Waals surface area contributed by atoms with Gasteiger partial charge in [-0.1, -0.05) is 22.0 Å². The lowest BCUT2D eigenvalue weighted by Gasteiger charge is -2.10. The number of methoxy groups -OCH3 is 1. The van der Waals surface area contributed by atoms with Crippen molar-refractivity contribution in [3.63, 3.8) is 0 Å². The lowest BCUT2D eigenvalue weighted by Crippen LogP contribution is -2.11. The van der Waals surface area contributed by atoms with Gasteiger partial charge in [-0.05, 0) is 36.6 Å². The van der Waals surface area contributed by atoms with Crippen LogP contribution in [0.3, 0.4) is 0 Å². The van der Waals surface area contributed by atoms with E-state index in [4.69, 9.17) is 4.74 Å². The first kappa shape index (κ1) is 14.8. The summed E-state index contributed by atoms with van der Waals surface area (Å²) in [5.74, 6) is 0.845. The van der Waals surface area contributed by atoms with E-state index in [1.807, 2.05) is 24.3 Å². The van der Waals surface area contributed by atoms with E-state index in [-0.39, 0.29) is 5.91 Å². The highest BCUT2D eigenvalue weighted by Gasteiger charge is 2.06. The SMILES string of the molecule is C=CCc1cc(NC(=O)CCCBr)ccc1OC. The molecule has 18 heavy (non-hydrogen) atoms. The Kier molecular flexibility index (Phi) is 6.50. The zero-order chi connectivity index (χ0) is 13.4. The molecule has 0 heterocycles. The van der Waals surface area contributed by atoms with E-state index in [2.05, 4.69) is 27.8 Å². The number of ether oxygens (including phenoxy) is 1. The fourth-order valence-corrected chi connectivity index (χ4v) is 1.90. The number of carbonyl (C=O) groups excluding carboxylic acids is 1. The highest BCUT2D eigenvalue weighted by Crippen LogP contribution is 2.23. The average Bonchev–Trinajstić information content (AvgIpc) is 2.37. The van der Waals surface area contributed by atoms with Gasteiger partial charge in [0.15, 0.2) is 0 Å². The molecule has 0 atom stereocenters. The monoisotopic (exact) mass is 311 g/mol. The minimum absolute atomic E-state index is 0.0316. The summed E-state index contributed by atoms with van der Waals surface area (Å²) in [7, 11) is 1.64. The molecule has 0 unspecified atom stereocenters. The first-order valence-electron chi connectivity index (χ1n) is 5.85. The maximum atomic E-state index is 11.6. The van der Waals surface area contributed by atoms with Crippen molar-refractivity contribution in [1.29, 1.82) is 0 Å². The topological polar surface area (TPSA) is 38.3 Å². The van der Waals surface area contributed by atoms with Crippen LogP contribution in [0.1, 0.15) is 18.4 Å². The molecule has 1 aromatic carbocycles. The number of carbonyl (C=O) groups is 1. The van der Waals surface area contributed by atoms with Crippen LogP contribution in [0.15, 0.2) is 30.9 Å². The van der Waals surface area contributed by atoms with Crippen LogP contribution >= 0.6 is 15.9 Å². The normalized spacial score (nSPS) is 9.89. The number of anilines is 1. The molecule has 1 N–H and O–H groups in total. The van der Waals surface area contributed by atoms with Crippen molar-refractivity contribution >= 4 is 27.5 Å². The van der Waals surface area contributed by atoms with Gasteiger partial charge in [-0.25, -0.2) is 0 Å². The van der Waals surface area contributed by atoms with E-state index in [1.54, 1.807) is 7.11 Å². The van der Waals surface area contributed by atoms with Gasteiger partial charge in [-0.2, -0.15) is 0 Å². The Hall–Kier alpha value is -1.29. The average molecular weight is 312 g/mol. The molecule has 0 saturated carbocycles. The van der Waals surface area contributed by atoms with Crippen molar-refractivity contribution in [2.24, 2.45) is 0 Å². The molecule has 4 heteroatoms. The van der Waals surface area contributed by atoms with Crippen molar-refractivity contribution in [3.8, 4) is 5.75 Å². The number of alkyl halides is 1. The van der Waals surface area contributed by atoms with E-state index in [1.165, 1.54) is 0 Å². The molecule has 0 aromatic heterocycles. The van der Waals surface area contributed by atoms with Crippen molar-refractivity contribution in [1.82, 2.24) is 0 Å². The molecule has 0 aliphatic carbocycles. The van der Waals surface area contributed by atoms with Crippen LogP contribution in [-0.4, -0.2) is 18.3 Å². The summed E-state index contributed by atoms with van der Waals surface area (Å²) in [6.07, 6.45) is 3.89. The quantitative estimate of drug-likeness (QED) is 0.618. The minimum atomic E-state index is 0.0316. The first-order valence-corrected chi connectivity index (χ1v) is 6.97. The number of halogens is 1. The molecule has 1 amide bonds. The summed E-state index contributed by atoms with van der Waals surface area (Å²) in [5, 5.41) is 3.72. The van der Waals surface area contributed by atoms with Gasteiger partial charge >= 0.3 is 0 Å². The minimum Gasteiger partial charge on any atom is -0.496 e. The fourth-order valence-electron chi connectivity index (χ4n) is 1.62. The number of benzene rings is 1. The largest absolute Gasteiger partial charge is 0.496 e. The van der Waals surface area contributed by atoms with E-state index in [0.717, 1.165) is 28.8 Å². The predicted molar refractivity (Wildman–Crippen MR) is 78.6 cm³/mol. The van der Waals surface area contributed by atoms with Gasteiger partial charge in [-0.3, -0.25) is 4.79 Å². The third-order valence-electron chi connectivity index (χ3n) is 2.47. The summed E-state index contributed by atoms with van der Waals surface area (Å²) >= 11 is 3.31. The number of amides is 1. The number of nitrogens with one attached hydrogen (secondary N) is 1. The Morgan fingerprint density at radius 1 is 1.56 bits per heavy atom. The van der Waals surface area contributed by atoms with Gasteiger partial charge in [-0.15, -0.1) is 6.58 Å². The molecule has 0 bridgehead atoms. The van der Waals surface area contributed by atoms with Crippen LogP contribution in [-0.2, 0) is 11.2 Å². The van der Waals surface area contributed by atoms with Crippen LogP contribution in [0.25, 0.3) is 0 Å². The highest BCUT2D eigenvalue weighted by atomic mass is 79.9. The number of hydrogen-bond acceptors (Lipinski definition) is 2. The van der Waals surface area contributed by atoms with Gasteiger partial charge in [0.2, 0.25) is 5.91 Å². The molecular formula is C14H18BrNO2. The summed E-state index contributed by atoms with van der Waals surface area (Å²) in [4.78, 5) is 11.6. The van der Waals surface area contributed by atoms with Gasteiger partial charge < -0.3 is 10.1 Å². The Labute approximate surface area is 116 Å². The number of rotatable bonds is 7. The van der Waals surface area contributed by atoms with Crippen LogP contribution < -0.4 is 10.1 Å². The molecule has 1 rings (SSSR count). The van der Waals surface area contributed by atoms with Crippen LogP contribution in [0.2, 0.25) is 0 Å². The second kappa shape index (κ2) is 7.93. The van der Waals surface area contributed by atoms with Crippen LogP contribution in [0.4, 0.5) is 5.69 Å². The van der Waals surface area contributed by atoms with Gasteiger partial charge in [0.05, 0.1) is 7.11 Å². The Balaban J connectivity index is 2.74. The first-order chi connectivity index (χ1) is 8.71. The smallest absolute Gasteiger partial charge is 0.224 e. The molecule has 0 spiro atoms. The Morgan fingerprint density at radius 2 is 2.33 bits per heavy atom. The van der Waals surface area contributed by atoms with Crippen molar-refractivity contribution < 1.29 is 9.53 Å². The maximum Gasteiger partial charge on any atom is 0.224 e. The molecule has 98 valence electrons. The summed E-state index contributed by atoms with van der Waals surface area (Å²) in [6, 6.07) is 5.63. The molecule has 0 aliphatic heterocycles. The molecule has 3 nitrogen and oxygen atoms in total. The van der Waals surface area contributed by atoms with E-state index >= 15 is 0 Å². The molecule has 0 radical (unpaired) electrons. The van der Waals surface area contributed by atoms with Crippen LogP contribution in [0.5, 0.6) is 5.75 Å². The lowest BCUT2D eigenvalue weighted by molar-refractivity contribution is -0.116. The van der Waals surface area contributed by atoms with Crippen molar-refractivity contribution in [2.45, 2.75) is 19.3 Å². The second-order valence-electron chi connectivity index (χ2n) is 3.86. The summed E-state index contributed by atoms with van der Waals surface area (Å²) < 4.78 is 5.26. The third-order valence-corrected chi connectivity index (χ3v) is 3.03. The van der Waals surface area contributed by atoms with Crippen molar-refractivity contribution in [2.75, 3.05) is 17.8 Å². The predicted octanol–water partition coefficient (Wildman–Crippen LogP) is 3.54. The summed E-state index contributed by atoms with van der Waals surface area (Å²) in [6.45, 7) is 3.71. The van der Waals surface area contributed by atoms with Crippen LogP contribution in [0, 0.1) is 0 Å². The van der Waals surface area contributed by atoms with Crippen molar-refractivity contribution in [3.05, 3.63) is 36.4 Å². The lowest BCUT2D eigenvalue weighted by atomic mass is 10.1. The van der Waals surface area contributed by atoms with E-state index < -0.39 is 0 Å². The van der Waals surface area contributed by atoms with Gasteiger partial charge in [0.25, 0.3) is 0 Å². The van der Waals surface area contributed by atoms with E-state index in [9.17, 15) is 4.79 Å². The molecule has 0 fully saturated rings. The standard InChI is InChI=1S/C14H18BrNO2/c1-3-5-11-10-12(7-8-13(11)18-2)16-14(17)6-4-9-15/h3,7-8,10H,1,4-6,9H2,2H3,(H,16,17). The molecule has 1 aromatic rings. The second-order valence-corrected chi connectivity index (χ2v) is 4.65. The Morgan fingerprint density at radius 3 is 2.94 bits per heavy atom.